The zero-order chi connectivity index (χ0) is 18.1. The van der Waals surface area contributed by atoms with E-state index < -0.39 is 0 Å². The number of fused-ring (bicyclic) bond motifs is 2. The average molecular weight is 384 g/mol. The molecule has 0 aliphatic carbocycles. The first-order valence-electron chi connectivity index (χ1n) is 9.02. The van der Waals surface area contributed by atoms with E-state index in [0.717, 1.165) is 53.2 Å². The lowest BCUT2D eigenvalue weighted by Gasteiger charge is -2.26. The van der Waals surface area contributed by atoms with Crippen LogP contribution in [0.1, 0.15) is 10.8 Å². The molecular formula is C19H20N4O3S. The molecule has 0 radical (unpaired) electrons. The molecule has 2 aromatic heterocycles. The van der Waals surface area contributed by atoms with Gasteiger partial charge in [-0.2, -0.15) is 0 Å². The van der Waals surface area contributed by atoms with Crippen LogP contribution in [0.3, 0.4) is 0 Å². The Bertz CT molecular complexity index is 925. The summed E-state index contributed by atoms with van der Waals surface area (Å²) in [6.45, 7) is 4.02. The molecule has 3 aromatic rings. The van der Waals surface area contributed by atoms with Crippen LogP contribution in [0.5, 0.6) is 11.5 Å². The highest BCUT2D eigenvalue weighted by Crippen LogP contribution is 2.35. The molecule has 0 saturated heterocycles. The molecule has 0 saturated carbocycles. The van der Waals surface area contributed by atoms with E-state index in [0.29, 0.717) is 19.8 Å². The minimum atomic E-state index is 0.0997. The van der Waals surface area contributed by atoms with Crippen LogP contribution in [0.25, 0.3) is 11.3 Å². The largest absolute Gasteiger partial charge is 0.486 e. The zero-order valence-electron chi connectivity index (χ0n) is 14.8. The van der Waals surface area contributed by atoms with Gasteiger partial charge in [-0.15, -0.1) is 11.3 Å². The Morgan fingerprint density at radius 2 is 2.11 bits per heavy atom. The summed E-state index contributed by atoms with van der Waals surface area (Å²) < 4.78 is 19.5. The minimum Gasteiger partial charge on any atom is -0.486 e. The van der Waals surface area contributed by atoms with Crippen LogP contribution in [-0.2, 0) is 24.4 Å². The Morgan fingerprint density at radius 3 is 3.00 bits per heavy atom. The van der Waals surface area contributed by atoms with Crippen LogP contribution >= 0.6 is 11.3 Å². The first kappa shape index (κ1) is 16.7. The molecule has 1 atom stereocenters. The van der Waals surface area contributed by atoms with Gasteiger partial charge in [0.05, 0.1) is 24.5 Å². The number of imidazole rings is 1. The van der Waals surface area contributed by atoms with Crippen molar-refractivity contribution < 1.29 is 14.2 Å². The highest BCUT2D eigenvalue weighted by Gasteiger charge is 2.23. The van der Waals surface area contributed by atoms with Crippen molar-refractivity contribution >= 4 is 11.3 Å². The Hall–Kier alpha value is -2.42. The van der Waals surface area contributed by atoms with E-state index in [1.807, 2.05) is 29.9 Å². The number of aromatic nitrogens is 3. The van der Waals surface area contributed by atoms with Gasteiger partial charge in [0.25, 0.3) is 0 Å². The third-order valence-electron chi connectivity index (χ3n) is 4.74. The topological polar surface area (TPSA) is 70.4 Å². The summed E-state index contributed by atoms with van der Waals surface area (Å²) >= 11 is 1.66. The Balaban J connectivity index is 1.31. The number of nitrogens with zero attached hydrogens (tertiary/aromatic N) is 3. The van der Waals surface area contributed by atoms with E-state index in [-0.39, 0.29) is 6.10 Å². The number of benzene rings is 1. The second kappa shape index (κ2) is 7.30. The van der Waals surface area contributed by atoms with Crippen LogP contribution in [0.4, 0.5) is 0 Å². The van der Waals surface area contributed by atoms with Crippen LogP contribution in [0, 0.1) is 0 Å². The third kappa shape index (κ3) is 3.43. The Labute approximate surface area is 160 Å². The van der Waals surface area contributed by atoms with E-state index in [2.05, 4.69) is 25.9 Å². The van der Waals surface area contributed by atoms with Crippen LogP contribution in [-0.4, -0.2) is 40.4 Å². The molecule has 0 amide bonds. The highest BCUT2D eigenvalue weighted by molar-refractivity contribution is 7.09. The summed E-state index contributed by atoms with van der Waals surface area (Å²) in [5.74, 6) is 2.55. The van der Waals surface area contributed by atoms with Gasteiger partial charge in [-0.05, 0) is 18.2 Å². The van der Waals surface area contributed by atoms with Gasteiger partial charge < -0.3 is 24.1 Å². The molecule has 1 unspecified atom stereocenters. The van der Waals surface area contributed by atoms with Gasteiger partial charge in [0.1, 0.15) is 30.7 Å². The number of hydrogen-bond acceptors (Lipinski definition) is 7. The van der Waals surface area contributed by atoms with E-state index in [1.54, 1.807) is 11.3 Å². The number of hydrogen-bond donors (Lipinski definition) is 1. The summed E-state index contributed by atoms with van der Waals surface area (Å²) in [6, 6.07) is 6.06. The van der Waals surface area contributed by atoms with Crippen LogP contribution in [0.15, 0.2) is 36.0 Å². The predicted octanol–water partition coefficient (Wildman–Crippen LogP) is 2.47. The maximum atomic E-state index is 5.96. The summed E-state index contributed by atoms with van der Waals surface area (Å²) in [5, 5.41) is 6.51. The van der Waals surface area contributed by atoms with E-state index in [4.69, 9.17) is 14.2 Å². The Morgan fingerprint density at radius 1 is 1.19 bits per heavy atom. The summed E-state index contributed by atoms with van der Waals surface area (Å²) in [4.78, 5) is 8.83. The molecular weight excluding hydrogens is 364 g/mol. The molecule has 2 aliphatic heterocycles. The van der Waals surface area contributed by atoms with Crippen LogP contribution in [0.2, 0.25) is 0 Å². The van der Waals surface area contributed by atoms with Gasteiger partial charge in [0.2, 0.25) is 0 Å². The van der Waals surface area contributed by atoms with Gasteiger partial charge in [-0.1, -0.05) is 0 Å². The fraction of sp³-hybridized carbons (Fsp3) is 0.368. The first-order chi connectivity index (χ1) is 13.4. The van der Waals surface area contributed by atoms with Gasteiger partial charge in [-0.25, -0.2) is 9.97 Å². The van der Waals surface area contributed by atoms with Gasteiger partial charge in [-0.3, -0.25) is 0 Å². The van der Waals surface area contributed by atoms with E-state index in [9.17, 15) is 0 Å². The molecule has 4 heterocycles. The molecule has 2 aliphatic rings. The van der Waals surface area contributed by atoms with E-state index >= 15 is 0 Å². The molecule has 8 heteroatoms. The summed E-state index contributed by atoms with van der Waals surface area (Å²) in [5.41, 5.74) is 2.16. The Kier molecular flexibility index (Phi) is 4.52. The number of nitrogens with one attached hydrogen (secondary N) is 1. The molecule has 0 bridgehead atoms. The molecule has 140 valence electrons. The third-order valence-corrected chi connectivity index (χ3v) is 5.52. The maximum absolute atomic E-state index is 5.96. The molecule has 5 rings (SSSR count). The quantitative estimate of drug-likeness (QED) is 0.729. The number of ether oxygens (including phenoxy) is 3. The van der Waals surface area contributed by atoms with Crippen molar-refractivity contribution in [3.05, 3.63) is 46.8 Å². The highest BCUT2D eigenvalue weighted by atomic mass is 32.1. The number of rotatable bonds is 5. The second-order valence-electron chi connectivity index (χ2n) is 6.52. The molecule has 7 nitrogen and oxygen atoms in total. The lowest BCUT2D eigenvalue weighted by molar-refractivity contribution is 0.00325. The zero-order valence-corrected chi connectivity index (χ0v) is 15.6. The van der Waals surface area contributed by atoms with Crippen molar-refractivity contribution in [3.8, 4) is 22.8 Å². The molecule has 1 aromatic carbocycles. The van der Waals surface area contributed by atoms with Gasteiger partial charge in [0, 0.05) is 30.2 Å². The monoisotopic (exact) mass is 384 g/mol. The normalized spacial score (nSPS) is 18.3. The molecule has 0 spiro atoms. The van der Waals surface area contributed by atoms with Crippen molar-refractivity contribution in [3.63, 3.8) is 0 Å². The van der Waals surface area contributed by atoms with Gasteiger partial charge in [0.15, 0.2) is 11.5 Å². The lowest BCUT2D eigenvalue weighted by Crippen LogP contribution is -2.36. The molecule has 27 heavy (non-hydrogen) atoms. The fourth-order valence-corrected chi connectivity index (χ4v) is 4.00. The maximum Gasteiger partial charge on any atom is 0.162 e. The van der Waals surface area contributed by atoms with Crippen molar-refractivity contribution in [2.75, 3.05) is 19.8 Å². The summed E-state index contributed by atoms with van der Waals surface area (Å²) in [7, 11) is 0. The van der Waals surface area contributed by atoms with Crippen molar-refractivity contribution in [2.24, 2.45) is 0 Å². The predicted molar refractivity (Wildman–Crippen MR) is 101 cm³/mol. The van der Waals surface area contributed by atoms with Gasteiger partial charge >= 0.3 is 0 Å². The standard InChI is InChI=1S/C19H20N4O3S/c1-2-16-17(25-5-4-24-16)7-13(1)15-9-22-18-12-26-14(11-23(15)18)8-20-10-19-21-3-6-27-19/h1-3,6-7,9,14,20H,4-5,8,10-12H2. The first-order valence-corrected chi connectivity index (χ1v) is 9.90. The van der Waals surface area contributed by atoms with E-state index in [1.165, 1.54) is 0 Å². The fourth-order valence-electron chi connectivity index (χ4n) is 3.42. The molecule has 1 N–H and O–H groups in total. The lowest BCUT2D eigenvalue weighted by atomic mass is 10.1. The summed E-state index contributed by atoms with van der Waals surface area (Å²) in [6.07, 6.45) is 3.84. The minimum absolute atomic E-state index is 0.0997. The van der Waals surface area contributed by atoms with Crippen molar-refractivity contribution in [2.45, 2.75) is 25.8 Å². The SMILES string of the molecule is c1csc(CNCC2Cn3c(-c4ccc5c(c4)OCCO5)cnc3CO2)n1. The molecule has 0 fully saturated rings. The van der Waals surface area contributed by atoms with Crippen molar-refractivity contribution in [1.29, 1.82) is 0 Å². The average Bonchev–Trinajstić information content (AvgIpc) is 3.37. The number of thiazole rings is 1. The smallest absolute Gasteiger partial charge is 0.162 e. The van der Waals surface area contributed by atoms with Crippen LogP contribution < -0.4 is 14.8 Å². The van der Waals surface area contributed by atoms with Crippen molar-refractivity contribution in [1.82, 2.24) is 19.9 Å². The second-order valence-corrected chi connectivity index (χ2v) is 7.50.